The Balaban J connectivity index is 2.48. The van der Waals surface area contributed by atoms with Crippen molar-refractivity contribution in [3.05, 3.63) is 82.7 Å². The quantitative estimate of drug-likeness (QED) is 0.188. The molecule has 0 aliphatic carbocycles. The van der Waals surface area contributed by atoms with Gasteiger partial charge in [0.05, 0.1) is 0 Å². The van der Waals surface area contributed by atoms with Crippen LogP contribution < -0.4 is 11.1 Å². The minimum Gasteiger partial charge on any atom is -0.357 e. The van der Waals surface area contributed by atoms with Crippen molar-refractivity contribution >= 4 is 17.7 Å². The normalized spacial score (nSPS) is 13.2. The molecule has 2 aromatic rings. The van der Waals surface area contributed by atoms with Gasteiger partial charge in [-0.05, 0) is 31.9 Å². The second kappa shape index (κ2) is 13.5. The molecule has 40 heavy (non-hydrogen) atoms. The van der Waals surface area contributed by atoms with Gasteiger partial charge in [0.25, 0.3) is 0 Å². The molecule has 0 radical (unpaired) electrons. The largest absolute Gasteiger partial charge is 0.357 e. The third-order valence-corrected chi connectivity index (χ3v) is 6.34. The molecule has 0 saturated carbocycles. The average molecular weight is 569 g/mol. The van der Waals surface area contributed by atoms with E-state index in [9.17, 15) is 36.3 Å². The minimum atomic E-state index is -2.34. The maximum absolute atomic E-state index is 14.5. The van der Waals surface area contributed by atoms with Crippen molar-refractivity contribution in [3.8, 4) is 0 Å². The highest BCUT2D eigenvalue weighted by Crippen LogP contribution is 2.25. The SMILES string of the molecule is CNC(=O)[C@@H](Cc1c(F)c(F)c(F)c(F)c1F)N(C)C(=O)[C@@H](Cc1ccccc1)N(C)C(=O)C=CCC(C)(C)N. The summed E-state index contributed by atoms with van der Waals surface area (Å²) < 4.78 is 70.1. The van der Waals surface area contributed by atoms with E-state index in [0.29, 0.717) is 12.0 Å². The Labute approximate surface area is 229 Å². The smallest absolute Gasteiger partial charge is 0.246 e. The van der Waals surface area contributed by atoms with Gasteiger partial charge in [0.1, 0.15) is 12.1 Å². The van der Waals surface area contributed by atoms with Crippen LogP contribution in [0.5, 0.6) is 0 Å². The van der Waals surface area contributed by atoms with Crippen molar-refractivity contribution in [1.29, 1.82) is 0 Å². The highest BCUT2D eigenvalue weighted by molar-refractivity contribution is 5.95. The fourth-order valence-corrected chi connectivity index (χ4v) is 3.95. The number of amides is 3. The molecular weight excluding hydrogens is 535 g/mol. The van der Waals surface area contributed by atoms with Crippen LogP contribution in [0.2, 0.25) is 0 Å². The number of carbonyl (C=O) groups is 3. The lowest BCUT2D eigenvalue weighted by atomic mass is 9.99. The average Bonchev–Trinajstić information content (AvgIpc) is 2.92. The highest BCUT2D eigenvalue weighted by atomic mass is 19.2. The molecule has 0 aliphatic rings. The highest BCUT2D eigenvalue weighted by Gasteiger charge is 2.37. The van der Waals surface area contributed by atoms with Gasteiger partial charge >= 0.3 is 0 Å². The van der Waals surface area contributed by atoms with Crippen LogP contribution in [0.3, 0.4) is 0 Å². The molecule has 0 aromatic heterocycles. The minimum absolute atomic E-state index is 0.00542. The van der Waals surface area contributed by atoms with Gasteiger partial charge in [-0.15, -0.1) is 0 Å². The Hall–Kier alpha value is -3.80. The molecule has 0 heterocycles. The Kier molecular flexibility index (Phi) is 10.9. The lowest BCUT2D eigenvalue weighted by molar-refractivity contribution is -0.146. The number of nitrogens with one attached hydrogen (secondary N) is 1. The maximum Gasteiger partial charge on any atom is 0.246 e. The Morgan fingerprint density at radius 2 is 1.40 bits per heavy atom. The summed E-state index contributed by atoms with van der Waals surface area (Å²) in [5, 5.41) is 2.24. The zero-order chi connectivity index (χ0) is 30.4. The molecule has 0 spiro atoms. The summed E-state index contributed by atoms with van der Waals surface area (Å²) >= 11 is 0. The first-order valence-corrected chi connectivity index (χ1v) is 12.3. The van der Waals surface area contributed by atoms with E-state index in [1.54, 1.807) is 50.3 Å². The molecular formula is C28H33F5N4O3. The summed E-state index contributed by atoms with van der Waals surface area (Å²) in [7, 11) is 3.71. The number of hydrogen-bond donors (Lipinski definition) is 2. The fraction of sp³-hybridized carbons (Fsp3) is 0.393. The van der Waals surface area contributed by atoms with Crippen LogP contribution in [-0.2, 0) is 27.2 Å². The molecule has 7 nitrogen and oxygen atoms in total. The van der Waals surface area contributed by atoms with E-state index in [1.165, 1.54) is 20.2 Å². The van der Waals surface area contributed by atoms with Gasteiger partial charge in [-0.3, -0.25) is 14.4 Å². The molecule has 0 bridgehead atoms. The molecule has 3 N–H and O–H groups in total. The number of nitrogens with two attached hydrogens (primary N) is 1. The summed E-state index contributed by atoms with van der Waals surface area (Å²) in [5.41, 5.74) is 4.77. The maximum atomic E-state index is 14.5. The number of halogens is 5. The Morgan fingerprint density at radius 3 is 1.90 bits per heavy atom. The molecule has 218 valence electrons. The molecule has 2 aromatic carbocycles. The zero-order valence-corrected chi connectivity index (χ0v) is 22.9. The van der Waals surface area contributed by atoms with Crippen LogP contribution in [0, 0.1) is 29.1 Å². The van der Waals surface area contributed by atoms with E-state index in [-0.39, 0.29) is 6.42 Å². The van der Waals surface area contributed by atoms with Crippen LogP contribution in [0.25, 0.3) is 0 Å². The third kappa shape index (κ3) is 7.87. The van der Waals surface area contributed by atoms with Crippen LogP contribution >= 0.6 is 0 Å². The van der Waals surface area contributed by atoms with Gasteiger partial charge < -0.3 is 20.9 Å². The van der Waals surface area contributed by atoms with Crippen LogP contribution in [0.4, 0.5) is 22.0 Å². The van der Waals surface area contributed by atoms with Crippen LogP contribution in [0.1, 0.15) is 31.4 Å². The van der Waals surface area contributed by atoms with E-state index in [4.69, 9.17) is 5.73 Å². The summed E-state index contributed by atoms with van der Waals surface area (Å²) in [4.78, 5) is 41.4. The topological polar surface area (TPSA) is 95.7 Å². The van der Waals surface area contributed by atoms with E-state index >= 15 is 0 Å². The van der Waals surface area contributed by atoms with Crippen molar-refractivity contribution in [1.82, 2.24) is 15.1 Å². The number of rotatable bonds is 11. The number of likely N-dealkylation sites (N-methyl/N-ethyl adjacent to an activating group) is 3. The standard InChI is InChI=1S/C28H33F5N4O3/c1-28(2,34)13-9-12-20(38)36(4)19(14-16-10-7-6-8-11-16)27(40)37(5)18(26(39)35-3)15-17-21(29)23(31)25(33)24(32)22(17)30/h6-12,18-19H,13-15,34H2,1-5H3,(H,35,39)/t18-,19-/m1/s1. The number of nitrogens with zero attached hydrogens (tertiary/aromatic N) is 2. The predicted molar refractivity (Wildman–Crippen MR) is 139 cm³/mol. The van der Waals surface area contributed by atoms with Crippen LogP contribution in [0.15, 0.2) is 42.5 Å². The predicted octanol–water partition coefficient (Wildman–Crippen LogP) is 3.25. The van der Waals surface area contributed by atoms with Crippen molar-refractivity contribution in [2.45, 2.75) is 50.7 Å². The van der Waals surface area contributed by atoms with E-state index < -0.39 is 76.4 Å². The van der Waals surface area contributed by atoms with Gasteiger partial charge in [-0.1, -0.05) is 36.4 Å². The monoisotopic (exact) mass is 568 g/mol. The Bertz CT molecular complexity index is 1240. The summed E-state index contributed by atoms with van der Waals surface area (Å²) in [6.45, 7) is 3.54. The van der Waals surface area contributed by atoms with E-state index in [2.05, 4.69) is 5.32 Å². The molecule has 0 unspecified atom stereocenters. The molecule has 2 rings (SSSR count). The zero-order valence-electron chi connectivity index (χ0n) is 22.9. The van der Waals surface area contributed by atoms with Gasteiger partial charge in [0.15, 0.2) is 23.3 Å². The lowest BCUT2D eigenvalue weighted by Crippen LogP contribution is -2.55. The fourth-order valence-electron chi connectivity index (χ4n) is 3.95. The van der Waals surface area contributed by atoms with Crippen molar-refractivity contribution in [3.63, 3.8) is 0 Å². The summed E-state index contributed by atoms with van der Waals surface area (Å²) in [5.74, 6) is -13.2. The van der Waals surface area contributed by atoms with Crippen molar-refractivity contribution < 1.29 is 36.3 Å². The van der Waals surface area contributed by atoms with Gasteiger partial charge in [-0.2, -0.15) is 0 Å². The molecule has 0 fully saturated rings. The van der Waals surface area contributed by atoms with Gasteiger partial charge in [0.2, 0.25) is 23.5 Å². The first-order chi connectivity index (χ1) is 18.6. The number of hydrogen-bond acceptors (Lipinski definition) is 4. The molecule has 2 atom stereocenters. The molecule has 3 amide bonds. The molecule has 0 aliphatic heterocycles. The van der Waals surface area contributed by atoms with E-state index in [0.717, 1.165) is 16.8 Å². The van der Waals surface area contributed by atoms with Crippen molar-refractivity contribution in [2.75, 3.05) is 21.1 Å². The van der Waals surface area contributed by atoms with Gasteiger partial charge in [-0.25, -0.2) is 22.0 Å². The second-order valence-corrected chi connectivity index (χ2v) is 10.1. The lowest BCUT2D eigenvalue weighted by Gasteiger charge is -2.34. The van der Waals surface area contributed by atoms with E-state index in [1.807, 2.05) is 0 Å². The Morgan fingerprint density at radius 1 is 0.875 bits per heavy atom. The number of benzene rings is 2. The number of carbonyl (C=O) groups excluding carboxylic acids is 3. The second-order valence-electron chi connectivity index (χ2n) is 10.1. The summed E-state index contributed by atoms with van der Waals surface area (Å²) in [6.07, 6.45) is 2.17. The van der Waals surface area contributed by atoms with Crippen LogP contribution in [-0.4, -0.2) is 66.3 Å². The molecule has 0 saturated heterocycles. The van der Waals surface area contributed by atoms with Crippen molar-refractivity contribution in [2.24, 2.45) is 5.73 Å². The summed E-state index contributed by atoms with van der Waals surface area (Å²) in [6, 6.07) is 5.77. The first kappa shape index (κ1) is 32.4. The molecule has 12 heteroatoms. The first-order valence-electron chi connectivity index (χ1n) is 12.3. The van der Waals surface area contributed by atoms with Gasteiger partial charge in [0, 0.05) is 45.1 Å². The third-order valence-electron chi connectivity index (χ3n) is 6.34.